The maximum Gasteiger partial charge on any atom is 0.173 e. The maximum atomic E-state index is 5.95. The molecule has 2 heterocycles. The van der Waals surface area contributed by atoms with Crippen LogP contribution in [0.1, 0.15) is 22.3 Å². The highest BCUT2D eigenvalue weighted by Gasteiger charge is 2.39. The van der Waals surface area contributed by atoms with Gasteiger partial charge in [-0.25, -0.2) is 0 Å². The number of rotatable bonds is 10. The van der Waals surface area contributed by atoms with Gasteiger partial charge >= 0.3 is 0 Å². The molecule has 4 nitrogen and oxygen atoms in total. The van der Waals surface area contributed by atoms with Gasteiger partial charge in [-0.15, -0.1) is 0 Å². The van der Waals surface area contributed by atoms with Gasteiger partial charge in [0.05, 0.1) is 13.2 Å². The molecule has 0 unspecified atom stereocenters. The summed E-state index contributed by atoms with van der Waals surface area (Å²) < 4.78 is 11.2. The fourth-order valence-electron chi connectivity index (χ4n) is 5.21. The van der Waals surface area contributed by atoms with E-state index in [9.17, 15) is 0 Å². The predicted octanol–water partition coefficient (Wildman–Crippen LogP) is 5.04. The molecule has 4 heteroatoms. The molecular weight excluding hydrogens is 444 g/mol. The molecule has 1 aliphatic heterocycles. The summed E-state index contributed by atoms with van der Waals surface area (Å²) in [5.41, 5.74) is 5.94. The fraction of sp³-hybridized carbons (Fsp3) is 0.188. The van der Waals surface area contributed by atoms with Crippen LogP contribution in [0, 0.1) is 0 Å². The van der Waals surface area contributed by atoms with Gasteiger partial charge in [-0.3, -0.25) is 0 Å². The van der Waals surface area contributed by atoms with Crippen molar-refractivity contribution in [3.63, 3.8) is 0 Å². The minimum absolute atomic E-state index is 0.253. The number of H-pyrrole nitrogens is 1. The predicted molar refractivity (Wildman–Crippen MR) is 143 cm³/mol. The first-order valence-electron chi connectivity index (χ1n) is 12.7. The first kappa shape index (κ1) is 22.6. The molecule has 5 aromatic rings. The summed E-state index contributed by atoms with van der Waals surface area (Å²) in [6.45, 7) is 2.35. The minimum atomic E-state index is -0.339. The van der Waals surface area contributed by atoms with Crippen molar-refractivity contribution in [1.29, 1.82) is 0 Å². The van der Waals surface area contributed by atoms with Gasteiger partial charge in [0.15, 0.2) is 5.54 Å². The molecule has 0 radical (unpaired) electrons. The minimum Gasteiger partial charge on any atom is -0.491 e. The smallest absolute Gasteiger partial charge is 0.173 e. The van der Waals surface area contributed by atoms with Crippen LogP contribution in [-0.4, -0.2) is 30.8 Å². The topological polar surface area (TPSA) is 54.2 Å². The quantitative estimate of drug-likeness (QED) is 0.220. The lowest BCUT2D eigenvalue weighted by Gasteiger charge is -2.33. The van der Waals surface area contributed by atoms with E-state index < -0.39 is 0 Å². The lowest BCUT2D eigenvalue weighted by Crippen LogP contribution is -2.96. The van der Waals surface area contributed by atoms with E-state index in [1.807, 2.05) is 6.07 Å². The SMILES string of the molecule is c1ccc(C([NH2+]CCc2c[nH]c3ccc(OC[C@H]4CO4)cc23)(c2ccccc2)c2ccccc2)cc1. The Kier molecular flexibility index (Phi) is 6.29. The van der Waals surface area contributed by atoms with Crippen molar-refractivity contribution >= 4 is 10.9 Å². The Labute approximate surface area is 211 Å². The zero-order valence-corrected chi connectivity index (χ0v) is 20.3. The Morgan fingerprint density at radius 2 is 1.39 bits per heavy atom. The van der Waals surface area contributed by atoms with E-state index in [2.05, 4.69) is 120 Å². The highest BCUT2D eigenvalue weighted by atomic mass is 16.6. The summed E-state index contributed by atoms with van der Waals surface area (Å²) >= 11 is 0. The lowest BCUT2D eigenvalue weighted by molar-refractivity contribution is -0.716. The average molecular weight is 476 g/mol. The normalized spacial score (nSPS) is 15.2. The van der Waals surface area contributed by atoms with Crippen molar-refractivity contribution in [2.45, 2.75) is 18.1 Å². The van der Waals surface area contributed by atoms with E-state index >= 15 is 0 Å². The molecule has 180 valence electrons. The first-order chi connectivity index (χ1) is 17.8. The van der Waals surface area contributed by atoms with E-state index in [1.54, 1.807) is 0 Å². The van der Waals surface area contributed by atoms with Crippen molar-refractivity contribution in [3.05, 3.63) is 138 Å². The number of aromatic nitrogens is 1. The second kappa shape index (κ2) is 10.0. The van der Waals surface area contributed by atoms with Gasteiger partial charge < -0.3 is 19.8 Å². The number of quaternary nitrogens is 1. The van der Waals surface area contributed by atoms with Crippen molar-refractivity contribution in [2.24, 2.45) is 0 Å². The largest absolute Gasteiger partial charge is 0.491 e. The summed E-state index contributed by atoms with van der Waals surface area (Å²) in [5, 5.41) is 3.72. The van der Waals surface area contributed by atoms with Gasteiger partial charge in [-0.1, -0.05) is 91.0 Å². The molecule has 1 aliphatic rings. The standard InChI is InChI=1S/C32H30N2O2/c1-4-10-25(11-5-1)32(26-12-6-2-7-13-26,27-14-8-3-9-15-27)34-19-18-24-21-33-31-17-16-28(20-30(24)31)35-22-29-23-36-29/h1-17,20-21,29,33-34H,18-19,22-23H2/p+1/t29-/m0/s1. The zero-order valence-electron chi connectivity index (χ0n) is 20.3. The van der Waals surface area contributed by atoms with Crippen LogP contribution in [0.4, 0.5) is 0 Å². The molecule has 4 aromatic carbocycles. The number of epoxide rings is 1. The number of nitrogens with two attached hydrogens (primary N) is 1. The second-order valence-electron chi connectivity index (χ2n) is 9.44. The summed E-state index contributed by atoms with van der Waals surface area (Å²) in [5.74, 6) is 0.898. The molecule has 1 aromatic heterocycles. The van der Waals surface area contributed by atoms with E-state index in [1.165, 1.54) is 27.6 Å². The summed E-state index contributed by atoms with van der Waals surface area (Å²) in [6.07, 6.45) is 3.33. The van der Waals surface area contributed by atoms with Gasteiger partial charge in [0, 0.05) is 40.2 Å². The van der Waals surface area contributed by atoms with Crippen LogP contribution in [0.5, 0.6) is 5.75 Å². The van der Waals surface area contributed by atoms with Gasteiger partial charge in [0.2, 0.25) is 0 Å². The van der Waals surface area contributed by atoms with Crippen LogP contribution in [0.2, 0.25) is 0 Å². The van der Waals surface area contributed by atoms with Crippen LogP contribution in [0.15, 0.2) is 115 Å². The zero-order chi connectivity index (χ0) is 24.2. The molecule has 3 N–H and O–H groups in total. The molecule has 0 aliphatic carbocycles. The highest BCUT2D eigenvalue weighted by molar-refractivity contribution is 5.84. The van der Waals surface area contributed by atoms with Gasteiger partial charge in [0.25, 0.3) is 0 Å². The van der Waals surface area contributed by atoms with Crippen molar-refractivity contribution in [2.75, 3.05) is 19.8 Å². The number of hydrogen-bond acceptors (Lipinski definition) is 2. The van der Waals surface area contributed by atoms with Crippen LogP contribution >= 0.6 is 0 Å². The average Bonchev–Trinajstić information content (AvgIpc) is 3.70. The molecular formula is C32H31N2O2+. The molecule has 1 saturated heterocycles. The number of hydrogen-bond donors (Lipinski definition) is 2. The summed E-state index contributed by atoms with van der Waals surface area (Å²) in [6, 6.07) is 38.8. The van der Waals surface area contributed by atoms with Gasteiger partial charge in [-0.05, 0) is 23.8 Å². The lowest BCUT2D eigenvalue weighted by atomic mass is 9.77. The molecule has 36 heavy (non-hydrogen) atoms. The number of nitrogens with one attached hydrogen (secondary N) is 1. The molecule has 6 rings (SSSR count). The maximum absolute atomic E-state index is 5.95. The molecule has 0 bridgehead atoms. The van der Waals surface area contributed by atoms with E-state index in [0.717, 1.165) is 30.8 Å². The Morgan fingerprint density at radius 3 is 1.94 bits per heavy atom. The van der Waals surface area contributed by atoms with Gasteiger partial charge in [-0.2, -0.15) is 0 Å². The Balaban J connectivity index is 1.32. The van der Waals surface area contributed by atoms with Crippen LogP contribution < -0.4 is 10.1 Å². The monoisotopic (exact) mass is 475 g/mol. The first-order valence-corrected chi connectivity index (χ1v) is 12.7. The number of aromatic amines is 1. The van der Waals surface area contributed by atoms with E-state index in [4.69, 9.17) is 9.47 Å². The third-order valence-electron chi connectivity index (χ3n) is 7.13. The Bertz CT molecular complexity index is 1310. The van der Waals surface area contributed by atoms with Crippen LogP contribution in [-0.2, 0) is 16.7 Å². The van der Waals surface area contributed by atoms with E-state index in [0.29, 0.717) is 6.61 Å². The van der Waals surface area contributed by atoms with Crippen molar-refractivity contribution < 1.29 is 14.8 Å². The molecule has 1 atom stereocenters. The third kappa shape index (κ3) is 4.53. The van der Waals surface area contributed by atoms with Gasteiger partial charge in [0.1, 0.15) is 18.5 Å². The van der Waals surface area contributed by atoms with E-state index in [-0.39, 0.29) is 11.6 Å². The molecule has 0 saturated carbocycles. The Morgan fingerprint density at radius 1 is 0.806 bits per heavy atom. The number of benzene rings is 4. The summed E-state index contributed by atoms with van der Waals surface area (Å²) in [4.78, 5) is 3.44. The van der Waals surface area contributed by atoms with Crippen molar-refractivity contribution in [1.82, 2.24) is 4.98 Å². The molecule has 0 amide bonds. The van der Waals surface area contributed by atoms with Crippen molar-refractivity contribution in [3.8, 4) is 5.75 Å². The second-order valence-corrected chi connectivity index (χ2v) is 9.44. The summed E-state index contributed by atoms with van der Waals surface area (Å²) in [7, 11) is 0. The third-order valence-corrected chi connectivity index (χ3v) is 7.13. The number of ether oxygens (including phenoxy) is 2. The Hall–Kier alpha value is -3.86. The molecule has 1 fully saturated rings. The molecule has 0 spiro atoms. The number of fused-ring (bicyclic) bond motifs is 1. The van der Waals surface area contributed by atoms with Crippen LogP contribution in [0.3, 0.4) is 0 Å². The highest BCUT2D eigenvalue weighted by Crippen LogP contribution is 2.33. The fourth-order valence-corrected chi connectivity index (χ4v) is 5.21. The van der Waals surface area contributed by atoms with Crippen LogP contribution in [0.25, 0.3) is 10.9 Å².